The lowest BCUT2D eigenvalue weighted by atomic mass is 9.75. The molecule has 5 nitrogen and oxygen atoms in total. The molecule has 2 aromatic rings. The summed E-state index contributed by atoms with van der Waals surface area (Å²) in [5.41, 5.74) is 4.46. The van der Waals surface area contributed by atoms with Crippen molar-refractivity contribution in [3.05, 3.63) is 81.1 Å². The van der Waals surface area contributed by atoms with E-state index >= 15 is 0 Å². The van der Waals surface area contributed by atoms with Gasteiger partial charge in [0.05, 0.1) is 12.8 Å². The summed E-state index contributed by atoms with van der Waals surface area (Å²) in [6, 6.07) is 15.1. The molecule has 154 valence electrons. The Kier molecular flexibility index (Phi) is 5.77. The maximum atomic E-state index is 13.5. The number of halogens is 1. The highest BCUT2D eigenvalue weighted by atomic mass is 79.9. The number of para-hydroxylation sites is 2. The first-order valence-electron chi connectivity index (χ1n) is 9.93. The van der Waals surface area contributed by atoms with Gasteiger partial charge in [-0.15, -0.1) is 0 Å². The fourth-order valence-electron chi connectivity index (χ4n) is 4.24. The van der Waals surface area contributed by atoms with Crippen LogP contribution in [0.25, 0.3) is 0 Å². The van der Waals surface area contributed by atoms with Crippen LogP contribution < -0.4 is 15.4 Å². The van der Waals surface area contributed by atoms with Gasteiger partial charge in [0.1, 0.15) is 5.75 Å². The summed E-state index contributed by atoms with van der Waals surface area (Å²) in [4.78, 5) is 26.4. The number of allylic oxidation sites excluding steroid dienone is 3. The van der Waals surface area contributed by atoms with Crippen LogP contribution in [0.5, 0.6) is 5.75 Å². The molecular formula is C24H23BrN2O3. The lowest BCUT2D eigenvalue weighted by molar-refractivity contribution is -0.116. The Balaban J connectivity index is 1.80. The van der Waals surface area contributed by atoms with E-state index in [2.05, 4.69) is 26.6 Å². The number of amides is 1. The number of nitrogens with one attached hydrogen (secondary N) is 2. The van der Waals surface area contributed by atoms with Gasteiger partial charge in [0.15, 0.2) is 5.78 Å². The van der Waals surface area contributed by atoms with Crippen molar-refractivity contribution in [3.63, 3.8) is 0 Å². The molecule has 0 bridgehead atoms. The highest BCUT2D eigenvalue weighted by Crippen LogP contribution is 2.43. The number of rotatable bonds is 4. The van der Waals surface area contributed by atoms with Crippen molar-refractivity contribution in [1.82, 2.24) is 5.32 Å². The molecule has 0 unspecified atom stereocenters. The third kappa shape index (κ3) is 3.79. The van der Waals surface area contributed by atoms with E-state index in [0.717, 1.165) is 34.3 Å². The van der Waals surface area contributed by atoms with E-state index in [1.807, 2.05) is 43.3 Å². The second-order valence-electron chi connectivity index (χ2n) is 7.48. The van der Waals surface area contributed by atoms with Crippen LogP contribution in [0, 0.1) is 0 Å². The highest BCUT2D eigenvalue weighted by molar-refractivity contribution is 9.10. The molecule has 0 fully saturated rings. The Labute approximate surface area is 184 Å². The monoisotopic (exact) mass is 466 g/mol. The number of carbonyl (C=O) groups excluding carboxylic acids is 2. The molecule has 0 radical (unpaired) electrons. The predicted octanol–water partition coefficient (Wildman–Crippen LogP) is 5.06. The second-order valence-corrected chi connectivity index (χ2v) is 8.39. The Hall–Kier alpha value is -2.86. The van der Waals surface area contributed by atoms with Crippen molar-refractivity contribution >= 4 is 33.3 Å². The van der Waals surface area contributed by atoms with Crippen LogP contribution in [-0.4, -0.2) is 18.8 Å². The van der Waals surface area contributed by atoms with Crippen LogP contribution in [-0.2, 0) is 9.59 Å². The zero-order valence-electron chi connectivity index (χ0n) is 16.9. The first-order chi connectivity index (χ1) is 14.5. The van der Waals surface area contributed by atoms with Crippen LogP contribution in [0.4, 0.5) is 5.69 Å². The van der Waals surface area contributed by atoms with E-state index in [9.17, 15) is 9.59 Å². The second kappa shape index (κ2) is 8.48. The van der Waals surface area contributed by atoms with Crippen LogP contribution in [0.2, 0.25) is 0 Å². The van der Waals surface area contributed by atoms with Gasteiger partial charge in [0, 0.05) is 39.4 Å². The Morgan fingerprint density at radius 3 is 2.73 bits per heavy atom. The van der Waals surface area contributed by atoms with Gasteiger partial charge >= 0.3 is 0 Å². The van der Waals surface area contributed by atoms with E-state index in [-0.39, 0.29) is 11.7 Å². The van der Waals surface area contributed by atoms with Gasteiger partial charge in [-0.25, -0.2) is 0 Å². The maximum absolute atomic E-state index is 13.5. The SMILES string of the molecule is COc1ccccc1NC(=O)C1=C(C)NC2=C(C(=O)CCC2)[C@H]1c1cccc(Br)c1. The molecule has 2 aliphatic rings. The number of hydrogen-bond donors (Lipinski definition) is 2. The van der Waals surface area contributed by atoms with Crippen molar-refractivity contribution in [2.45, 2.75) is 32.1 Å². The van der Waals surface area contributed by atoms with Crippen molar-refractivity contribution in [2.75, 3.05) is 12.4 Å². The summed E-state index contributed by atoms with van der Waals surface area (Å²) in [6.45, 7) is 1.89. The quantitative estimate of drug-likeness (QED) is 0.660. The van der Waals surface area contributed by atoms with E-state index in [0.29, 0.717) is 29.0 Å². The van der Waals surface area contributed by atoms with Gasteiger partial charge in [0.2, 0.25) is 0 Å². The molecule has 1 aliphatic heterocycles. The Morgan fingerprint density at radius 1 is 1.17 bits per heavy atom. The minimum absolute atomic E-state index is 0.101. The number of carbonyl (C=O) groups is 2. The van der Waals surface area contributed by atoms with E-state index in [1.54, 1.807) is 19.2 Å². The third-order valence-electron chi connectivity index (χ3n) is 5.56. The van der Waals surface area contributed by atoms with Gasteiger partial charge in [-0.05, 0) is 49.6 Å². The summed E-state index contributed by atoms with van der Waals surface area (Å²) in [7, 11) is 1.57. The van der Waals surface area contributed by atoms with Crippen LogP contribution in [0.1, 0.15) is 37.7 Å². The summed E-state index contributed by atoms with van der Waals surface area (Å²) in [6.07, 6.45) is 2.14. The van der Waals surface area contributed by atoms with Crippen molar-refractivity contribution < 1.29 is 14.3 Å². The molecule has 1 heterocycles. The molecule has 2 aromatic carbocycles. The van der Waals surface area contributed by atoms with Crippen LogP contribution in [0.3, 0.4) is 0 Å². The van der Waals surface area contributed by atoms with E-state index < -0.39 is 5.92 Å². The van der Waals surface area contributed by atoms with Gasteiger partial charge in [0.25, 0.3) is 5.91 Å². The predicted molar refractivity (Wildman–Crippen MR) is 120 cm³/mol. The molecule has 1 atom stereocenters. The van der Waals surface area contributed by atoms with Gasteiger partial charge < -0.3 is 15.4 Å². The number of dihydropyridines is 1. The molecule has 1 amide bonds. The van der Waals surface area contributed by atoms with Crippen molar-refractivity contribution in [1.29, 1.82) is 0 Å². The number of methoxy groups -OCH3 is 1. The van der Waals surface area contributed by atoms with Crippen molar-refractivity contribution in [2.24, 2.45) is 0 Å². The van der Waals surface area contributed by atoms with E-state index in [4.69, 9.17) is 4.74 Å². The first-order valence-corrected chi connectivity index (χ1v) is 10.7. The molecular weight excluding hydrogens is 444 g/mol. The number of ether oxygens (including phenoxy) is 1. The number of benzene rings is 2. The molecule has 0 saturated carbocycles. The van der Waals surface area contributed by atoms with E-state index in [1.165, 1.54) is 0 Å². The minimum Gasteiger partial charge on any atom is -0.495 e. The Bertz CT molecular complexity index is 1090. The highest BCUT2D eigenvalue weighted by Gasteiger charge is 2.38. The summed E-state index contributed by atoms with van der Waals surface area (Å²) in [5, 5.41) is 6.32. The number of anilines is 1. The van der Waals surface area contributed by atoms with Gasteiger partial charge in [-0.2, -0.15) is 0 Å². The zero-order chi connectivity index (χ0) is 21.3. The molecule has 2 N–H and O–H groups in total. The average Bonchev–Trinajstić information content (AvgIpc) is 2.73. The summed E-state index contributed by atoms with van der Waals surface area (Å²) >= 11 is 3.53. The molecule has 1 aliphatic carbocycles. The normalized spacial score (nSPS) is 18.6. The molecule has 0 saturated heterocycles. The fraction of sp³-hybridized carbons (Fsp3) is 0.250. The lowest BCUT2D eigenvalue weighted by Crippen LogP contribution is -2.35. The molecule has 0 spiro atoms. The maximum Gasteiger partial charge on any atom is 0.254 e. The standard InChI is InChI=1S/C24H23BrN2O3/c1-14-21(24(29)27-17-9-3-4-12-20(17)30-2)22(15-7-5-8-16(25)13-15)23-18(26-14)10-6-11-19(23)28/h3-5,7-9,12-13,22,26H,6,10-11H2,1-2H3,(H,27,29)/t22-/m0/s1. The minimum atomic E-state index is -0.416. The van der Waals surface area contributed by atoms with Crippen LogP contribution >= 0.6 is 15.9 Å². The molecule has 30 heavy (non-hydrogen) atoms. The zero-order valence-corrected chi connectivity index (χ0v) is 18.5. The fourth-order valence-corrected chi connectivity index (χ4v) is 4.66. The lowest BCUT2D eigenvalue weighted by Gasteiger charge is -2.34. The largest absolute Gasteiger partial charge is 0.495 e. The smallest absolute Gasteiger partial charge is 0.254 e. The Morgan fingerprint density at radius 2 is 1.97 bits per heavy atom. The third-order valence-corrected chi connectivity index (χ3v) is 6.05. The molecule has 0 aromatic heterocycles. The summed E-state index contributed by atoms with van der Waals surface area (Å²) < 4.78 is 6.28. The average molecular weight is 467 g/mol. The molecule has 6 heteroatoms. The number of ketones is 1. The topological polar surface area (TPSA) is 67.4 Å². The van der Waals surface area contributed by atoms with Gasteiger partial charge in [-0.3, -0.25) is 9.59 Å². The molecule has 4 rings (SSSR count). The van der Waals surface area contributed by atoms with Gasteiger partial charge in [-0.1, -0.05) is 40.2 Å². The van der Waals surface area contributed by atoms with Crippen LogP contribution in [0.15, 0.2) is 75.5 Å². The van der Waals surface area contributed by atoms with Crippen molar-refractivity contribution in [3.8, 4) is 5.75 Å². The number of Topliss-reactive ketones (excluding diaryl/α,β-unsaturated/α-hetero) is 1. The summed E-state index contributed by atoms with van der Waals surface area (Å²) in [5.74, 6) is 0.0185. The first kappa shape index (κ1) is 20.4. The number of hydrogen-bond acceptors (Lipinski definition) is 4.